The molecule has 0 aliphatic carbocycles. The molecule has 1 nitrogen and oxygen atoms in total. The summed E-state index contributed by atoms with van der Waals surface area (Å²) >= 11 is 0. The van der Waals surface area contributed by atoms with Gasteiger partial charge in [-0.15, -0.1) is 11.5 Å². The minimum absolute atomic E-state index is 0. The van der Waals surface area contributed by atoms with Crippen LogP contribution in [-0.2, 0) is 0 Å². The van der Waals surface area contributed by atoms with E-state index in [1.165, 1.54) is 0 Å². The molecule has 88 valence electrons. The summed E-state index contributed by atoms with van der Waals surface area (Å²) in [6.07, 6.45) is -3.86. The summed E-state index contributed by atoms with van der Waals surface area (Å²) in [5, 5.41) is 0. The third kappa shape index (κ3) is 6.06. The van der Waals surface area contributed by atoms with E-state index in [1.54, 1.807) is 0 Å². The Labute approximate surface area is 132 Å². The molecular weight excluding hydrogens is 262 g/mol. The quantitative estimate of drug-likeness (QED) is 0.487. The van der Waals surface area contributed by atoms with Gasteiger partial charge in [-0.25, -0.2) is 0 Å². The minimum Gasteiger partial charge on any atom is -0.445 e. The first kappa shape index (κ1) is 17.0. The first-order valence-corrected chi connectivity index (χ1v) is 4.36. The van der Waals surface area contributed by atoms with Gasteiger partial charge in [0.05, 0.1) is 6.54 Å². The van der Waals surface area contributed by atoms with Crippen LogP contribution in [0.5, 0.6) is 0 Å². The van der Waals surface area contributed by atoms with Gasteiger partial charge in [0.1, 0.15) is 0 Å². The first-order valence-electron chi connectivity index (χ1n) is 4.36. The van der Waals surface area contributed by atoms with E-state index in [0.29, 0.717) is 0 Å². The van der Waals surface area contributed by atoms with Gasteiger partial charge in [0.2, 0.25) is 0 Å². The standard InChI is InChI=1S/C7H9BF6N.K/c9-7(10,11)5-15-3-1-6(2-4-15)8(12,13)14;/h1H,2-5H2;/q-1;+1. The topological polar surface area (TPSA) is 3.24 Å². The van der Waals surface area contributed by atoms with Crippen molar-refractivity contribution in [2.45, 2.75) is 12.6 Å². The molecule has 0 spiro atoms. The van der Waals surface area contributed by atoms with E-state index >= 15 is 0 Å². The van der Waals surface area contributed by atoms with Gasteiger partial charge in [0, 0.05) is 6.54 Å². The summed E-state index contributed by atoms with van der Waals surface area (Å²) < 4.78 is 72.2. The van der Waals surface area contributed by atoms with Crippen LogP contribution < -0.4 is 51.4 Å². The Bertz CT molecular complexity index is 261. The Morgan fingerprint density at radius 2 is 1.81 bits per heavy atom. The molecule has 1 aliphatic rings. The monoisotopic (exact) mass is 271 g/mol. The van der Waals surface area contributed by atoms with E-state index in [2.05, 4.69) is 0 Å². The van der Waals surface area contributed by atoms with Crippen molar-refractivity contribution in [2.24, 2.45) is 0 Å². The van der Waals surface area contributed by atoms with Crippen molar-refractivity contribution in [3.63, 3.8) is 0 Å². The van der Waals surface area contributed by atoms with Gasteiger partial charge in [0.25, 0.3) is 0 Å². The Morgan fingerprint density at radius 1 is 1.25 bits per heavy atom. The first-order chi connectivity index (χ1) is 6.68. The van der Waals surface area contributed by atoms with Crippen LogP contribution in [0.25, 0.3) is 0 Å². The van der Waals surface area contributed by atoms with E-state index in [0.717, 1.165) is 11.0 Å². The number of nitrogens with zero attached hydrogens (tertiary/aromatic N) is 1. The molecule has 0 aromatic carbocycles. The number of alkyl halides is 3. The maximum Gasteiger partial charge on any atom is 1.00 e. The van der Waals surface area contributed by atoms with Crippen molar-refractivity contribution < 1.29 is 77.5 Å². The predicted molar refractivity (Wildman–Crippen MR) is 44.3 cm³/mol. The van der Waals surface area contributed by atoms with E-state index in [-0.39, 0.29) is 70.9 Å². The normalized spacial score (nSPS) is 19.0. The van der Waals surface area contributed by atoms with E-state index < -0.39 is 25.2 Å². The molecule has 1 heterocycles. The zero-order valence-electron chi connectivity index (χ0n) is 8.70. The van der Waals surface area contributed by atoms with Gasteiger partial charge >= 0.3 is 64.5 Å². The smallest absolute Gasteiger partial charge is 0.445 e. The average molecular weight is 271 g/mol. The van der Waals surface area contributed by atoms with E-state index in [1.807, 2.05) is 0 Å². The number of halogens is 6. The molecular formula is C7H9BF6KN. The van der Waals surface area contributed by atoms with Crippen LogP contribution in [0.15, 0.2) is 11.5 Å². The summed E-state index contributed by atoms with van der Waals surface area (Å²) in [7, 11) is 0. The summed E-state index contributed by atoms with van der Waals surface area (Å²) in [5.74, 6) is 0. The second-order valence-corrected chi connectivity index (χ2v) is 3.45. The maximum absolute atomic E-state index is 12.2. The number of hydrogen-bond acceptors (Lipinski definition) is 1. The molecule has 0 bridgehead atoms. The molecule has 0 fully saturated rings. The molecule has 0 aromatic heterocycles. The summed E-state index contributed by atoms with van der Waals surface area (Å²) in [5.41, 5.74) is -0.673. The minimum atomic E-state index is -5.03. The van der Waals surface area contributed by atoms with Crippen molar-refractivity contribution in [3.05, 3.63) is 11.5 Å². The molecule has 0 unspecified atom stereocenters. The zero-order valence-corrected chi connectivity index (χ0v) is 11.8. The van der Waals surface area contributed by atoms with Crippen LogP contribution in [0.1, 0.15) is 6.42 Å². The molecule has 0 N–H and O–H groups in total. The predicted octanol–water partition coefficient (Wildman–Crippen LogP) is -0.429. The molecule has 1 rings (SSSR count). The third-order valence-electron chi connectivity index (χ3n) is 2.15. The largest absolute Gasteiger partial charge is 1.00 e. The molecule has 0 atom stereocenters. The summed E-state index contributed by atoms with van der Waals surface area (Å²) in [4.78, 5) is 0.950. The van der Waals surface area contributed by atoms with Crippen LogP contribution in [0.3, 0.4) is 0 Å². The molecule has 1 aliphatic heterocycles. The Morgan fingerprint density at radius 3 is 2.12 bits per heavy atom. The Hall–Kier alpha value is 0.981. The molecule has 0 amide bonds. The fourth-order valence-electron chi connectivity index (χ4n) is 1.42. The summed E-state index contributed by atoms with van der Waals surface area (Å²) in [6, 6.07) is 0. The third-order valence-corrected chi connectivity index (χ3v) is 2.15. The van der Waals surface area contributed by atoms with Gasteiger partial charge < -0.3 is 12.9 Å². The molecule has 0 aromatic rings. The van der Waals surface area contributed by atoms with Gasteiger partial charge in [0.15, 0.2) is 0 Å². The van der Waals surface area contributed by atoms with Crippen LogP contribution in [0.2, 0.25) is 0 Å². The molecule has 16 heavy (non-hydrogen) atoms. The van der Waals surface area contributed by atoms with Gasteiger partial charge in [-0.3, -0.25) is 4.90 Å². The number of rotatable bonds is 2. The van der Waals surface area contributed by atoms with Crippen molar-refractivity contribution in [1.82, 2.24) is 4.90 Å². The van der Waals surface area contributed by atoms with E-state index in [4.69, 9.17) is 0 Å². The van der Waals surface area contributed by atoms with Crippen LogP contribution in [0, 0.1) is 0 Å². The van der Waals surface area contributed by atoms with Gasteiger partial charge in [-0.1, -0.05) is 0 Å². The fraction of sp³-hybridized carbons (Fsp3) is 0.714. The Kier molecular flexibility index (Phi) is 6.62. The summed E-state index contributed by atoms with van der Waals surface area (Å²) in [6.45, 7) is -6.65. The van der Waals surface area contributed by atoms with Crippen molar-refractivity contribution in [2.75, 3.05) is 19.6 Å². The van der Waals surface area contributed by atoms with Gasteiger partial charge in [-0.2, -0.15) is 13.2 Å². The van der Waals surface area contributed by atoms with Gasteiger partial charge in [-0.05, 0) is 13.0 Å². The number of hydrogen-bond donors (Lipinski definition) is 0. The van der Waals surface area contributed by atoms with Crippen molar-refractivity contribution in [1.29, 1.82) is 0 Å². The maximum atomic E-state index is 12.2. The molecule has 0 radical (unpaired) electrons. The second-order valence-electron chi connectivity index (χ2n) is 3.45. The Balaban J connectivity index is 0.00000225. The molecule has 0 saturated heterocycles. The SMILES string of the molecule is F[B-](F)(F)C1=CCN(CC(F)(F)F)CC1.[K+]. The second kappa shape index (κ2) is 6.24. The molecule has 0 saturated carbocycles. The van der Waals surface area contributed by atoms with Crippen LogP contribution >= 0.6 is 0 Å². The van der Waals surface area contributed by atoms with E-state index in [9.17, 15) is 26.1 Å². The van der Waals surface area contributed by atoms with Crippen LogP contribution in [-0.4, -0.2) is 37.7 Å². The van der Waals surface area contributed by atoms with Crippen LogP contribution in [0.4, 0.5) is 26.1 Å². The fourth-order valence-corrected chi connectivity index (χ4v) is 1.42. The average Bonchev–Trinajstić information content (AvgIpc) is 2.00. The zero-order chi connectivity index (χ0) is 11.7. The van der Waals surface area contributed by atoms with Crippen molar-refractivity contribution in [3.8, 4) is 0 Å². The van der Waals surface area contributed by atoms with Crippen molar-refractivity contribution >= 4 is 6.98 Å². The molecule has 9 heteroatoms.